The second-order valence-corrected chi connectivity index (χ2v) is 11.8. The number of allylic oxidation sites excluding steroid dienone is 1. The molecular formula is C29H36FN7OS. The lowest BCUT2D eigenvalue weighted by molar-refractivity contribution is 0.00228. The number of rotatable bonds is 7. The highest BCUT2D eigenvalue weighted by atomic mass is 32.1. The van der Waals surface area contributed by atoms with Crippen molar-refractivity contribution in [3.05, 3.63) is 52.4 Å². The molecule has 2 N–H and O–H groups in total. The van der Waals surface area contributed by atoms with Gasteiger partial charge in [0, 0.05) is 55.6 Å². The predicted octanol–water partition coefficient (Wildman–Crippen LogP) is 4.16. The molecule has 0 bridgehead atoms. The van der Waals surface area contributed by atoms with E-state index >= 15 is 0 Å². The van der Waals surface area contributed by atoms with Gasteiger partial charge in [0.1, 0.15) is 6.17 Å². The first-order valence-corrected chi connectivity index (χ1v) is 14.7. The van der Waals surface area contributed by atoms with Crippen LogP contribution in [0.2, 0.25) is 0 Å². The summed E-state index contributed by atoms with van der Waals surface area (Å²) in [7, 11) is 0. The maximum Gasteiger partial charge on any atom is 0.251 e. The van der Waals surface area contributed by atoms with Gasteiger partial charge in [-0.2, -0.15) is 4.98 Å². The number of anilines is 1. The van der Waals surface area contributed by atoms with E-state index in [1.165, 1.54) is 11.3 Å². The first-order chi connectivity index (χ1) is 19.0. The lowest BCUT2D eigenvalue weighted by Gasteiger charge is -2.44. The Morgan fingerprint density at radius 3 is 2.77 bits per heavy atom. The van der Waals surface area contributed by atoms with Crippen LogP contribution in [0.3, 0.4) is 0 Å². The summed E-state index contributed by atoms with van der Waals surface area (Å²) in [5.74, 6) is 1.29. The van der Waals surface area contributed by atoms with Crippen LogP contribution < -0.4 is 10.6 Å². The number of halogens is 1. The van der Waals surface area contributed by atoms with Gasteiger partial charge in [-0.1, -0.05) is 23.8 Å². The van der Waals surface area contributed by atoms with Gasteiger partial charge in [-0.25, -0.2) is 14.4 Å². The van der Waals surface area contributed by atoms with Gasteiger partial charge in [-0.15, -0.1) is 11.3 Å². The predicted molar refractivity (Wildman–Crippen MR) is 157 cm³/mol. The highest BCUT2D eigenvalue weighted by molar-refractivity contribution is 7.19. The van der Waals surface area contributed by atoms with Crippen molar-refractivity contribution in [2.75, 3.05) is 57.4 Å². The number of likely N-dealkylation sites (tertiary alicyclic amines) is 2. The Balaban J connectivity index is 1.23. The summed E-state index contributed by atoms with van der Waals surface area (Å²) >= 11 is 1.71. The largest absolute Gasteiger partial charge is 0.398 e. The number of hydrogen-bond acceptors (Lipinski definition) is 9. The third kappa shape index (κ3) is 5.99. The van der Waals surface area contributed by atoms with Crippen molar-refractivity contribution >= 4 is 45.2 Å². The first-order valence-electron chi connectivity index (χ1n) is 13.8. The fourth-order valence-corrected chi connectivity index (χ4v) is 6.74. The van der Waals surface area contributed by atoms with Crippen molar-refractivity contribution in [2.24, 2.45) is 10.7 Å². The van der Waals surface area contributed by atoms with Crippen LogP contribution in [0.4, 0.5) is 16.2 Å². The summed E-state index contributed by atoms with van der Waals surface area (Å²) in [6, 6.07) is 10.3. The average molecular weight is 550 g/mol. The molecule has 6 rings (SSSR count). The normalized spacial score (nSPS) is 23.5. The van der Waals surface area contributed by atoms with Crippen molar-refractivity contribution in [1.82, 2.24) is 19.8 Å². The van der Waals surface area contributed by atoms with Gasteiger partial charge in [0.15, 0.2) is 5.82 Å². The molecule has 5 heterocycles. The van der Waals surface area contributed by atoms with Crippen LogP contribution in [0.15, 0.2) is 41.4 Å². The van der Waals surface area contributed by atoms with E-state index < -0.39 is 6.17 Å². The second-order valence-electron chi connectivity index (χ2n) is 10.6. The molecule has 0 saturated carbocycles. The van der Waals surface area contributed by atoms with E-state index in [1.54, 1.807) is 23.6 Å². The summed E-state index contributed by atoms with van der Waals surface area (Å²) in [5.41, 5.74) is 9.90. The summed E-state index contributed by atoms with van der Waals surface area (Å²) in [4.78, 5) is 22.1. The number of fused-ring (bicyclic) bond motifs is 1. The quantitative estimate of drug-likeness (QED) is 0.443. The molecule has 3 aliphatic heterocycles. The molecule has 1 aromatic carbocycles. The maximum atomic E-state index is 15.0. The lowest BCUT2D eigenvalue weighted by atomic mass is 9.98. The Hall–Kier alpha value is -2.92. The zero-order valence-corrected chi connectivity index (χ0v) is 23.2. The molecule has 2 unspecified atom stereocenters. The van der Waals surface area contributed by atoms with Gasteiger partial charge in [0.05, 0.1) is 23.4 Å². The monoisotopic (exact) mass is 549 g/mol. The molecule has 3 aliphatic rings. The van der Waals surface area contributed by atoms with Gasteiger partial charge >= 0.3 is 0 Å². The summed E-state index contributed by atoms with van der Waals surface area (Å²) in [6.45, 7) is 9.15. The number of aliphatic imine (C=N–C) groups is 1. The third-order valence-corrected chi connectivity index (χ3v) is 8.93. The average Bonchev–Trinajstić information content (AvgIpc) is 3.31. The fourth-order valence-electron chi connectivity index (χ4n) is 5.59. The molecule has 0 aliphatic carbocycles. The Kier molecular flexibility index (Phi) is 7.87. The SMILES string of the molecule is Cc1cccc(/C(N)=C/C=N/c2nc(N3CCOCC3)c3sc(CN4CCC(N5CCC5)C(F)C4)cc3n2)c1. The minimum absolute atomic E-state index is 0.0885. The van der Waals surface area contributed by atoms with Crippen LogP contribution in [0.25, 0.3) is 15.9 Å². The number of aromatic nitrogens is 2. The minimum Gasteiger partial charge on any atom is -0.398 e. The van der Waals surface area contributed by atoms with Crippen molar-refractivity contribution in [1.29, 1.82) is 0 Å². The molecule has 0 radical (unpaired) electrons. The molecule has 3 fully saturated rings. The van der Waals surface area contributed by atoms with Crippen LogP contribution in [0.1, 0.15) is 28.8 Å². The maximum absolute atomic E-state index is 15.0. The number of nitrogens with zero attached hydrogens (tertiary/aromatic N) is 6. The summed E-state index contributed by atoms with van der Waals surface area (Å²) in [6.07, 6.45) is 4.75. The third-order valence-electron chi connectivity index (χ3n) is 7.83. The molecule has 8 nitrogen and oxygen atoms in total. The molecule has 10 heteroatoms. The Morgan fingerprint density at radius 2 is 2.03 bits per heavy atom. The number of thiophene rings is 1. The Labute approximate surface area is 233 Å². The molecule has 2 atom stereocenters. The number of piperidine rings is 1. The van der Waals surface area contributed by atoms with Crippen LogP contribution in [-0.2, 0) is 11.3 Å². The zero-order chi connectivity index (χ0) is 26.8. The van der Waals surface area contributed by atoms with Gasteiger partial charge < -0.3 is 15.4 Å². The number of nitrogens with two attached hydrogens (primary N) is 1. The minimum atomic E-state index is -0.793. The number of hydrogen-bond donors (Lipinski definition) is 1. The number of morpholine rings is 1. The molecule has 39 heavy (non-hydrogen) atoms. The number of benzene rings is 1. The van der Waals surface area contributed by atoms with Crippen molar-refractivity contribution < 1.29 is 9.13 Å². The van der Waals surface area contributed by atoms with E-state index in [1.807, 2.05) is 31.2 Å². The Morgan fingerprint density at radius 1 is 1.18 bits per heavy atom. The second kappa shape index (κ2) is 11.7. The first kappa shape index (κ1) is 26.3. The van der Waals surface area contributed by atoms with Gasteiger partial charge in [-0.3, -0.25) is 9.80 Å². The lowest BCUT2D eigenvalue weighted by Crippen LogP contribution is -2.56. The highest BCUT2D eigenvalue weighted by Gasteiger charge is 2.35. The van der Waals surface area contributed by atoms with E-state index in [-0.39, 0.29) is 6.04 Å². The van der Waals surface area contributed by atoms with E-state index in [2.05, 4.69) is 25.8 Å². The van der Waals surface area contributed by atoms with Crippen LogP contribution in [-0.4, -0.2) is 90.7 Å². The molecule has 3 saturated heterocycles. The summed E-state index contributed by atoms with van der Waals surface area (Å²) < 4.78 is 21.6. The number of ether oxygens (including phenoxy) is 1. The van der Waals surface area contributed by atoms with E-state index in [0.717, 1.165) is 72.9 Å². The van der Waals surface area contributed by atoms with E-state index in [4.69, 9.17) is 20.4 Å². The zero-order valence-electron chi connectivity index (χ0n) is 22.4. The molecule has 0 spiro atoms. The van der Waals surface area contributed by atoms with Crippen LogP contribution >= 0.6 is 11.3 Å². The topological polar surface area (TPSA) is 83.1 Å². The smallest absolute Gasteiger partial charge is 0.251 e. The molecule has 3 aromatic rings. The standard InChI is InChI=1S/C29H36FN7OS/c1-20-4-2-5-21(16-20)24(31)6-8-32-29-33-25-17-22(39-27(25)28(34-29)37-12-14-38-15-13-37)18-35-11-7-26(23(30)19-35)36-9-3-10-36/h2,4-6,8,16-17,23,26H,3,7,9-15,18-19,31H2,1H3/b24-6-,32-8+. The van der Waals surface area contributed by atoms with Crippen molar-refractivity contribution in [3.63, 3.8) is 0 Å². The van der Waals surface area contributed by atoms with Crippen LogP contribution in [0, 0.1) is 6.92 Å². The van der Waals surface area contributed by atoms with Crippen LogP contribution in [0.5, 0.6) is 0 Å². The number of aryl methyl sites for hydroxylation is 1. The molecule has 0 amide bonds. The van der Waals surface area contributed by atoms with Gasteiger partial charge in [-0.05, 0) is 56.6 Å². The van der Waals surface area contributed by atoms with E-state index in [0.29, 0.717) is 31.4 Å². The van der Waals surface area contributed by atoms with Crippen molar-refractivity contribution in [3.8, 4) is 0 Å². The molecule has 206 valence electrons. The van der Waals surface area contributed by atoms with Gasteiger partial charge in [0.2, 0.25) is 0 Å². The van der Waals surface area contributed by atoms with Crippen molar-refractivity contribution in [2.45, 2.75) is 38.5 Å². The van der Waals surface area contributed by atoms with E-state index in [9.17, 15) is 4.39 Å². The summed E-state index contributed by atoms with van der Waals surface area (Å²) in [5, 5.41) is 0. The fraction of sp³-hybridized carbons (Fsp3) is 0.483. The van der Waals surface area contributed by atoms with Gasteiger partial charge in [0.25, 0.3) is 5.95 Å². The number of alkyl halides is 1. The highest BCUT2D eigenvalue weighted by Crippen LogP contribution is 2.35. The molecule has 2 aromatic heterocycles. The molecular weight excluding hydrogens is 513 g/mol. The Bertz CT molecular complexity index is 1360.